The van der Waals surface area contributed by atoms with Crippen molar-refractivity contribution in [3.63, 3.8) is 0 Å². The smallest absolute Gasteiger partial charge is 0.138 e. The Kier molecular flexibility index (Phi) is 8.61. The van der Waals surface area contributed by atoms with Crippen LogP contribution in [0.15, 0.2) is 121 Å². The topological polar surface area (TPSA) is 44.9 Å². The molecule has 0 aliphatic rings. The van der Waals surface area contributed by atoms with Crippen LogP contribution in [0.25, 0.3) is 44.4 Å². The van der Waals surface area contributed by atoms with Gasteiger partial charge in [0.2, 0.25) is 0 Å². The van der Waals surface area contributed by atoms with Crippen LogP contribution in [0, 0.1) is 11.8 Å². The van der Waals surface area contributed by atoms with Gasteiger partial charge in [-0.15, -0.1) is 11.8 Å². The van der Waals surface area contributed by atoms with Gasteiger partial charge in [-0.05, 0) is 90.1 Å². The van der Waals surface area contributed by atoms with E-state index < -0.39 is 0 Å². The molecule has 0 radical (unpaired) electrons. The zero-order valence-electron chi connectivity index (χ0n) is 27.6. The third-order valence-corrected chi connectivity index (χ3v) is 9.23. The first-order valence-corrected chi connectivity index (χ1v) is 17.6. The molecule has 0 unspecified atom stereocenters. The molecule has 0 N–H and O–H groups in total. The summed E-state index contributed by atoms with van der Waals surface area (Å²) in [5.41, 5.74) is 8.38. The van der Waals surface area contributed by atoms with Crippen LogP contribution in [-0.4, -0.2) is 25.6 Å². The Balaban J connectivity index is 1.23. The SMILES string of the molecule is CSc1ccnc(-n2c3ccccc3c3ccc(Oc4cccc(-n5cc(-c6c(CC(C)C)cccc6CC(C)C)cn5)c4)cc32)c1. The van der Waals surface area contributed by atoms with Crippen molar-refractivity contribution in [1.82, 2.24) is 19.3 Å². The fraction of sp³-hybridized carbons (Fsp3) is 0.220. The summed E-state index contributed by atoms with van der Waals surface area (Å²) >= 11 is 1.72. The van der Waals surface area contributed by atoms with Crippen molar-refractivity contribution >= 4 is 33.6 Å². The number of nitrogens with zero attached hydrogens (tertiary/aromatic N) is 4. The lowest BCUT2D eigenvalue weighted by Crippen LogP contribution is -2.03. The Morgan fingerprint density at radius 1 is 0.723 bits per heavy atom. The molecule has 236 valence electrons. The standard InChI is InChI=1S/C41H40N4OS/c1-27(2)20-29-10-8-11-30(21-28(3)4)41(29)31-25-43-44(26-31)32-12-9-13-33(22-32)46-34-16-17-37-36-14-6-7-15-38(36)45(39(37)23-34)40-24-35(47-5)18-19-42-40/h6-19,22-28H,20-21H2,1-5H3. The fourth-order valence-corrected chi connectivity index (χ4v) is 6.99. The van der Waals surface area contributed by atoms with Gasteiger partial charge in [0.1, 0.15) is 17.3 Å². The predicted molar refractivity (Wildman–Crippen MR) is 197 cm³/mol. The number of hydrogen-bond donors (Lipinski definition) is 0. The van der Waals surface area contributed by atoms with Crippen LogP contribution in [0.2, 0.25) is 0 Å². The highest BCUT2D eigenvalue weighted by Crippen LogP contribution is 2.36. The average Bonchev–Trinajstić information content (AvgIpc) is 3.68. The summed E-state index contributed by atoms with van der Waals surface area (Å²) in [5, 5.41) is 7.18. The molecule has 5 nitrogen and oxygen atoms in total. The van der Waals surface area contributed by atoms with Gasteiger partial charge in [0, 0.05) is 45.8 Å². The number of rotatable bonds is 10. The fourth-order valence-electron chi connectivity index (χ4n) is 6.57. The summed E-state index contributed by atoms with van der Waals surface area (Å²) in [6.45, 7) is 9.13. The van der Waals surface area contributed by atoms with E-state index in [1.807, 2.05) is 41.3 Å². The van der Waals surface area contributed by atoms with Crippen molar-refractivity contribution in [2.24, 2.45) is 11.8 Å². The number of hydrogen-bond acceptors (Lipinski definition) is 4. The molecule has 7 rings (SSSR count). The van der Waals surface area contributed by atoms with Crippen LogP contribution in [-0.2, 0) is 12.8 Å². The molecule has 0 aliphatic heterocycles. The summed E-state index contributed by atoms with van der Waals surface area (Å²) < 4.78 is 10.7. The number of para-hydroxylation sites is 1. The van der Waals surface area contributed by atoms with Crippen LogP contribution >= 0.6 is 11.8 Å². The molecule has 3 heterocycles. The predicted octanol–water partition coefficient (Wildman–Crippen LogP) is 10.9. The lowest BCUT2D eigenvalue weighted by molar-refractivity contribution is 0.483. The van der Waals surface area contributed by atoms with E-state index in [-0.39, 0.29) is 0 Å². The minimum absolute atomic E-state index is 0.573. The molecule has 3 aromatic heterocycles. The van der Waals surface area contributed by atoms with E-state index in [0.29, 0.717) is 11.8 Å². The van der Waals surface area contributed by atoms with Crippen molar-refractivity contribution in [1.29, 1.82) is 0 Å². The molecule has 0 fully saturated rings. The molecule has 47 heavy (non-hydrogen) atoms. The molecule has 0 amide bonds. The Bertz CT molecular complexity index is 2160. The number of pyridine rings is 1. The second kappa shape index (κ2) is 13.1. The molecule has 0 aliphatic carbocycles. The molecule has 0 saturated carbocycles. The highest BCUT2D eigenvalue weighted by Gasteiger charge is 2.17. The lowest BCUT2D eigenvalue weighted by atomic mass is 9.88. The number of aromatic nitrogens is 4. The number of thioether (sulfide) groups is 1. The first-order chi connectivity index (χ1) is 22.9. The molecular weight excluding hydrogens is 597 g/mol. The summed E-state index contributed by atoms with van der Waals surface area (Å²) in [6.07, 6.45) is 10.2. The maximum Gasteiger partial charge on any atom is 0.138 e. The van der Waals surface area contributed by atoms with Crippen LogP contribution in [0.5, 0.6) is 11.5 Å². The summed E-state index contributed by atoms with van der Waals surface area (Å²) in [6, 6.07) is 33.9. The van der Waals surface area contributed by atoms with Gasteiger partial charge in [0.05, 0.1) is 22.9 Å². The normalized spacial score (nSPS) is 11.7. The average molecular weight is 637 g/mol. The molecule has 0 atom stereocenters. The van der Waals surface area contributed by atoms with Crippen molar-refractivity contribution in [2.45, 2.75) is 45.4 Å². The molecule has 0 saturated heterocycles. The molecule has 4 aromatic carbocycles. The van der Waals surface area contributed by atoms with Crippen molar-refractivity contribution in [3.05, 3.63) is 127 Å². The van der Waals surface area contributed by atoms with Crippen LogP contribution < -0.4 is 4.74 Å². The van der Waals surface area contributed by atoms with Crippen LogP contribution in [0.4, 0.5) is 0 Å². The lowest BCUT2D eigenvalue weighted by Gasteiger charge is -2.17. The van der Waals surface area contributed by atoms with Gasteiger partial charge in [-0.2, -0.15) is 5.10 Å². The number of fused-ring (bicyclic) bond motifs is 3. The number of benzene rings is 4. The minimum atomic E-state index is 0.573. The highest BCUT2D eigenvalue weighted by molar-refractivity contribution is 7.98. The minimum Gasteiger partial charge on any atom is -0.457 e. The third kappa shape index (κ3) is 6.30. The van der Waals surface area contributed by atoms with E-state index in [1.165, 1.54) is 27.0 Å². The Hall–Kier alpha value is -4.81. The molecule has 0 spiro atoms. The zero-order valence-corrected chi connectivity index (χ0v) is 28.5. The summed E-state index contributed by atoms with van der Waals surface area (Å²) in [5.74, 6) is 3.56. The van der Waals surface area contributed by atoms with Gasteiger partial charge in [0.25, 0.3) is 0 Å². The van der Waals surface area contributed by atoms with Crippen molar-refractivity contribution < 1.29 is 4.74 Å². The third-order valence-electron chi connectivity index (χ3n) is 8.51. The van der Waals surface area contributed by atoms with E-state index in [9.17, 15) is 0 Å². The molecule has 0 bridgehead atoms. The van der Waals surface area contributed by atoms with Gasteiger partial charge in [-0.1, -0.05) is 70.2 Å². The number of ether oxygens (including phenoxy) is 1. The molecule has 7 aromatic rings. The Labute approximate surface area is 281 Å². The van der Waals surface area contributed by atoms with Gasteiger partial charge in [-0.3, -0.25) is 4.57 Å². The van der Waals surface area contributed by atoms with E-state index in [0.717, 1.165) is 57.8 Å². The second-order valence-corrected chi connectivity index (χ2v) is 13.9. The van der Waals surface area contributed by atoms with Gasteiger partial charge in [-0.25, -0.2) is 9.67 Å². The molecule has 6 heteroatoms. The largest absolute Gasteiger partial charge is 0.457 e. The van der Waals surface area contributed by atoms with Crippen molar-refractivity contribution in [2.75, 3.05) is 6.26 Å². The van der Waals surface area contributed by atoms with Gasteiger partial charge >= 0.3 is 0 Å². The van der Waals surface area contributed by atoms with Crippen LogP contribution in [0.3, 0.4) is 0 Å². The highest BCUT2D eigenvalue weighted by atomic mass is 32.2. The first-order valence-electron chi connectivity index (χ1n) is 16.4. The quantitative estimate of drug-likeness (QED) is 0.140. The monoisotopic (exact) mass is 636 g/mol. The zero-order chi connectivity index (χ0) is 32.5. The van der Waals surface area contributed by atoms with E-state index in [2.05, 4.69) is 118 Å². The van der Waals surface area contributed by atoms with E-state index in [1.54, 1.807) is 11.8 Å². The maximum atomic E-state index is 6.52. The summed E-state index contributed by atoms with van der Waals surface area (Å²) in [4.78, 5) is 5.92. The van der Waals surface area contributed by atoms with Gasteiger partial charge in [0.15, 0.2) is 0 Å². The van der Waals surface area contributed by atoms with E-state index >= 15 is 0 Å². The Morgan fingerprint density at radius 2 is 1.45 bits per heavy atom. The second-order valence-electron chi connectivity index (χ2n) is 13.0. The summed E-state index contributed by atoms with van der Waals surface area (Å²) in [7, 11) is 0. The first kappa shape index (κ1) is 30.8. The maximum absolute atomic E-state index is 6.52. The molecular formula is C41H40N4OS. The van der Waals surface area contributed by atoms with Gasteiger partial charge < -0.3 is 4.74 Å². The van der Waals surface area contributed by atoms with Crippen molar-refractivity contribution in [3.8, 4) is 34.1 Å². The van der Waals surface area contributed by atoms with Crippen LogP contribution in [0.1, 0.15) is 38.8 Å². The van der Waals surface area contributed by atoms with E-state index in [4.69, 9.17) is 14.8 Å². The Morgan fingerprint density at radius 3 is 2.21 bits per heavy atom.